The molecule has 4 nitrogen and oxygen atoms in total. The van der Waals surface area contributed by atoms with E-state index in [4.69, 9.17) is 10.2 Å². The maximum Gasteiger partial charge on any atom is 1.00 e. The van der Waals surface area contributed by atoms with Crippen molar-refractivity contribution in [2.45, 2.75) is 26.7 Å². The molecule has 0 spiro atoms. The van der Waals surface area contributed by atoms with Crippen molar-refractivity contribution < 1.29 is 72.6 Å². The zero-order valence-corrected chi connectivity index (χ0v) is 10.7. The Morgan fingerprint density at radius 1 is 1.17 bits per heavy atom. The summed E-state index contributed by atoms with van der Waals surface area (Å²) < 4.78 is 0. The number of aliphatic carboxylic acids is 2. The van der Waals surface area contributed by atoms with Crippen LogP contribution < -0.4 is 51.4 Å². The Bertz CT molecular complexity index is 163. The molecule has 0 aromatic heterocycles. The molecular weight excluding hydrogens is 187 g/mol. The van der Waals surface area contributed by atoms with Crippen LogP contribution in [0.1, 0.15) is 28.1 Å². The molecule has 5 heteroatoms. The molecule has 0 fully saturated rings. The van der Waals surface area contributed by atoms with E-state index in [0.29, 0.717) is 0 Å². The predicted octanol–water partition coefficient (Wildman–Crippen LogP) is -1.92. The van der Waals surface area contributed by atoms with Crippen molar-refractivity contribution in [2.24, 2.45) is 5.41 Å². The number of hydrogen-bond acceptors (Lipinski definition) is 2. The second kappa shape index (κ2) is 6.09. The summed E-state index contributed by atoms with van der Waals surface area (Å²) in [5.41, 5.74) is -1.58. The van der Waals surface area contributed by atoms with Gasteiger partial charge in [0.2, 0.25) is 0 Å². The summed E-state index contributed by atoms with van der Waals surface area (Å²) in [5.74, 6) is -2.51. The molecular formula is C7H13KO4. The minimum Gasteiger partial charge on any atom is -1.00 e. The first kappa shape index (κ1) is 15.1. The van der Waals surface area contributed by atoms with E-state index in [1.807, 2.05) is 0 Å². The van der Waals surface area contributed by atoms with Crippen molar-refractivity contribution in [3.63, 3.8) is 0 Å². The maximum absolute atomic E-state index is 10.5. The number of rotatable bonds is 4. The van der Waals surface area contributed by atoms with Gasteiger partial charge in [-0.15, -0.1) is 0 Å². The van der Waals surface area contributed by atoms with Crippen molar-refractivity contribution in [2.75, 3.05) is 0 Å². The number of carboxylic acids is 2. The Kier molecular flexibility index (Phi) is 7.65. The third-order valence-electron chi connectivity index (χ3n) is 2.03. The summed E-state index contributed by atoms with van der Waals surface area (Å²) >= 11 is 0. The van der Waals surface area contributed by atoms with Crippen LogP contribution in [-0.2, 0) is 9.59 Å². The van der Waals surface area contributed by atoms with Crippen LogP contribution in [0.3, 0.4) is 0 Å². The van der Waals surface area contributed by atoms with Gasteiger partial charge in [-0.25, -0.2) is 0 Å². The first-order chi connectivity index (χ1) is 5.01. The minimum absolute atomic E-state index is 0. The number of carboxylic acid groups (broad SMARTS) is 2. The monoisotopic (exact) mass is 200 g/mol. The molecule has 0 heterocycles. The Hall–Kier alpha value is 0.576. The minimum atomic E-state index is -1.58. The topological polar surface area (TPSA) is 74.6 Å². The molecule has 0 atom stereocenters. The van der Waals surface area contributed by atoms with E-state index in [1.165, 1.54) is 0 Å². The van der Waals surface area contributed by atoms with Gasteiger partial charge in [0, 0.05) is 0 Å². The van der Waals surface area contributed by atoms with Crippen LogP contribution in [-0.4, -0.2) is 22.2 Å². The summed E-state index contributed by atoms with van der Waals surface area (Å²) in [4.78, 5) is 21.1. The second-order valence-corrected chi connectivity index (χ2v) is 2.40. The number of hydrogen-bond donors (Lipinski definition) is 2. The van der Waals surface area contributed by atoms with Crippen LogP contribution >= 0.6 is 0 Å². The molecule has 66 valence electrons. The van der Waals surface area contributed by atoms with Gasteiger partial charge >= 0.3 is 63.3 Å². The van der Waals surface area contributed by atoms with Crippen LogP contribution in [0.2, 0.25) is 0 Å². The molecule has 12 heavy (non-hydrogen) atoms. The van der Waals surface area contributed by atoms with E-state index >= 15 is 0 Å². The van der Waals surface area contributed by atoms with Gasteiger partial charge in [0.15, 0.2) is 5.41 Å². The quantitative estimate of drug-likeness (QED) is 0.410. The Balaban J connectivity index is -0.000000500. The van der Waals surface area contributed by atoms with Gasteiger partial charge < -0.3 is 11.6 Å². The van der Waals surface area contributed by atoms with Crippen LogP contribution in [0.25, 0.3) is 0 Å². The van der Waals surface area contributed by atoms with Crippen LogP contribution in [0, 0.1) is 5.41 Å². The third kappa shape index (κ3) is 2.81. The van der Waals surface area contributed by atoms with Crippen LogP contribution in [0.15, 0.2) is 0 Å². The molecule has 0 saturated heterocycles. The fourth-order valence-corrected chi connectivity index (χ4v) is 0.946. The zero-order chi connectivity index (χ0) is 9.07. The normalized spacial score (nSPS) is 10.2. The van der Waals surface area contributed by atoms with E-state index in [2.05, 4.69) is 0 Å². The van der Waals surface area contributed by atoms with Gasteiger partial charge in [-0.3, -0.25) is 9.59 Å². The fourth-order valence-electron chi connectivity index (χ4n) is 0.946. The molecule has 0 aliphatic rings. The Morgan fingerprint density at radius 3 is 1.42 bits per heavy atom. The summed E-state index contributed by atoms with van der Waals surface area (Å²) in [7, 11) is 0. The van der Waals surface area contributed by atoms with Crippen LogP contribution in [0.5, 0.6) is 0 Å². The largest absolute Gasteiger partial charge is 1.00 e. The van der Waals surface area contributed by atoms with Gasteiger partial charge in [0.25, 0.3) is 0 Å². The molecule has 0 bridgehead atoms. The maximum atomic E-state index is 10.5. The molecule has 0 aromatic carbocycles. The summed E-state index contributed by atoms with van der Waals surface area (Å²) in [6.07, 6.45) is 0.238. The zero-order valence-electron chi connectivity index (χ0n) is 8.63. The van der Waals surface area contributed by atoms with Crippen molar-refractivity contribution >= 4 is 11.9 Å². The first-order valence-corrected chi connectivity index (χ1v) is 3.48. The standard InChI is InChI=1S/C7H12O4.K.H/c1-3-7(4-2,5(8)9)6(10)11;;/h3-4H2,1-2H3,(H,8,9)(H,10,11);;/q;+1;-1. The second-order valence-electron chi connectivity index (χ2n) is 2.40. The van der Waals surface area contributed by atoms with Gasteiger partial charge in [0.1, 0.15) is 0 Å². The van der Waals surface area contributed by atoms with E-state index in [9.17, 15) is 9.59 Å². The molecule has 0 radical (unpaired) electrons. The first-order valence-electron chi connectivity index (χ1n) is 3.48. The molecule has 0 unspecified atom stereocenters. The summed E-state index contributed by atoms with van der Waals surface area (Å²) in [6, 6.07) is 0. The molecule has 0 aromatic rings. The van der Waals surface area contributed by atoms with Crippen molar-refractivity contribution in [1.82, 2.24) is 0 Å². The Labute approximate surface area is 115 Å². The Morgan fingerprint density at radius 2 is 1.42 bits per heavy atom. The molecule has 2 N–H and O–H groups in total. The van der Waals surface area contributed by atoms with Crippen LogP contribution in [0.4, 0.5) is 0 Å². The molecule has 0 saturated carbocycles. The van der Waals surface area contributed by atoms with E-state index < -0.39 is 17.4 Å². The fraction of sp³-hybridized carbons (Fsp3) is 0.714. The van der Waals surface area contributed by atoms with Crippen molar-refractivity contribution in [3.8, 4) is 0 Å². The molecule has 0 aliphatic heterocycles. The SMILES string of the molecule is CCC(CC)(C(=O)O)C(=O)O.[H-].[K+]. The number of carbonyl (C=O) groups is 2. The summed E-state index contributed by atoms with van der Waals surface area (Å²) in [5, 5.41) is 17.2. The molecule has 0 amide bonds. The van der Waals surface area contributed by atoms with Gasteiger partial charge in [0.05, 0.1) is 0 Å². The third-order valence-corrected chi connectivity index (χ3v) is 2.03. The predicted molar refractivity (Wildman–Crippen MR) is 39.4 cm³/mol. The summed E-state index contributed by atoms with van der Waals surface area (Å²) in [6.45, 7) is 3.12. The smallest absolute Gasteiger partial charge is 1.00 e. The van der Waals surface area contributed by atoms with E-state index in [1.54, 1.807) is 13.8 Å². The van der Waals surface area contributed by atoms with E-state index in [-0.39, 0.29) is 65.7 Å². The van der Waals surface area contributed by atoms with Gasteiger partial charge in [-0.05, 0) is 12.8 Å². The van der Waals surface area contributed by atoms with Crippen molar-refractivity contribution in [1.29, 1.82) is 0 Å². The molecule has 0 aliphatic carbocycles. The average molecular weight is 200 g/mol. The van der Waals surface area contributed by atoms with E-state index in [0.717, 1.165) is 0 Å². The van der Waals surface area contributed by atoms with Gasteiger partial charge in [-0.1, -0.05) is 13.8 Å². The van der Waals surface area contributed by atoms with Gasteiger partial charge in [-0.2, -0.15) is 0 Å². The van der Waals surface area contributed by atoms with Crippen molar-refractivity contribution in [3.05, 3.63) is 0 Å². The molecule has 0 rings (SSSR count). The average Bonchev–Trinajstić information content (AvgIpc) is 1.90.